The topological polar surface area (TPSA) is 39.2 Å². The molecule has 0 fully saturated rings. The van der Waals surface area contributed by atoms with Gasteiger partial charge in [0.15, 0.2) is 0 Å². The number of nitrogen functional groups attached to an aromatic ring is 1. The Morgan fingerprint density at radius 3 is 2.14 bits per heavy atom. The van der Waals surface area contributed by atoms with Crippen molar-refractivity contribution in [2.75, 3.05) is 5.73 Å². The summed E-state index contributed by atoms with van der Waals surface area (Å²) in [7, 11) is 0. The minimum Gasteiger partial charge on any atom is -0.456 e. The van der Waals surface area contributed by atoms with Crippen LogP contribution in [-0.4, -0.2) is 0 Å². The fraction of sp³-hybridized carbons (Fsp3) is 0.0732. The minimum atomic E-state index is 0.458. The van der Waals surface area contributed by atoms with Crippen molar-refractivity contribution in [2.24, 2.45) is 5.92 Å². The minimum absolute atomic E-state index is 0.458. The zero-order valence-electron chi connectivity index (χ0n) is 23.9. The molecule has 7 aromatic rings. The highest BCUT2D eigenvalue weighted by atomic mass is 16.3. The average molecular weight is 552 g/mol. The van der Waals surface area contributed by atoms with Gasteiger partial charge in [-0.25, -0.2) is 0 Å². The summed E-state index contributed by atoms with van der Waals surface area (Å²) >= 11 is 0. The lowest BCUT2D eigenvalue weighted by Gasteiger charge is -2.26. The van der Waals surface area contributed by atoms with Crippen LogP contribution in [0.1, 0.15) is 29.2 Å². The summed E-state index contributed by atoms with van der Waals surface area (Å²) in [4.78, 5) is 0. The van der Waals surface area contributed by atoms with Gasteiger partial charge in [-0.3, -0.25) is 0 Å². The first-order chi connectivity index (χ1) is 21.1. The van der Waals surface area contributed by atoms with Crippen LogP contribution in [0.25, 0.3) is 61.0 Å². The van der Waals surface area contributed by atoms with Gasteiger partial charge in [0.25, 0.3) is 0 Å². The van der Waals surface area contributed by atoms with Crippen molar-refractivity contribution in [1.29, 1.82) is 0 Å². The molecule has 43 heavy (non-hydrogen) atoms. The molecule has 0 spiro atoms. The number of benzene rings is 6. The molecule has 2 N–H and O–H groups in total. The first kappa shape index (κ1) is 25.2. The molecule has 1 atom stereocenters. The van der Waals surface area contributed by atoms with Crippen molar-refractivity contribution in [2.45, 2.75) is 13.3 Å². The van der Waals surface area contributed by atoms with E-state index in [1.165, 1.54) is 44.2 Å². The fourth-order valence-corrected chi connectivity index (χ4v) is 6.55. The van der Waals surface area contributed by atoms with Crippen molar-refractivity contribution < 1.29 is 4.42 Å². The van der Waals surface area contributed by atoms with Gasteiger partial charge in [-0.1, -0.05) is 104 Å². The third kappa shape index (κ3) is 4.30. The number of nitrogens with two attached hydrogens (primary N) is 1. The third-order valence-electron chi connectivity index (χ3n) is 8.62. The SMILES string of the molecule is CC1C=Cc2c(c(-c3ccc(C#Cc4ccccc4N)cc3)c3ccccc3c2-c2ccc3c(c2)oc2ccccc23)C1. The standard InChI is InChI=1S/C41H29NO/c1-26-14-22-35-36(24-26)40(29-19-16-27(17-20-29)15-18-28-8-2-6-12-37(28)42)33-10-3-4-11-34(33)41(35)30-21-23-32-31-9-5-7-13-38(31)43-39(32)25-30/h2-14,16-17,19-23,25-26H,24,42H2,1H3. The van der Waals surface area contributed by atoms with E-state index >= 15 is 0 Å². The molecule has 1 aromatic heterocycles. The Kier molecular flexibility index (Phi) is 5.91. The maximum absolute atomic E-state index is 6.31. The Balaban J connectivity index is 1.31. The molecule has 204 valence electrons. The molecule has 1 aliphatic carbocycles. The van der Waals surface area contributed by atoms with Gasteiger partial charge in [0, 0.05) is 27.6 Å². The average Bonchev–Trinajstić information content (AvgIpc) is 3.41. The first-order valence-electron chi connectivity index (χ1n) is 14.8. The van der Waals surface area contributed by atoms with Crippen molar-refractivity contribution in [3.8, 4) is 34.1 Å². The lowest BCUT2D eigenvalue weighted by molar-refractivity contribution is 0.669. The van der Waals surface area contributed by atoms with Crippen LogP contribution in [-0.2, 0) is 6.42 Å². The number of furan rings is 1. The third-order valence-corrected chi connectivity index (χ3v) is 8.62. The lowest BCUT2D eigenvalue weighted by Crippen LogP contribution is -2.08. The molecule has 0 saturated carbocycles. The summed E-state index contributed by atoms with van der Waals surface area (Å²) in [5.74, 6) is 6.98. The van der Waals surface area contributed by atoms with Gasteiger partial charge in [0.1, 0.15) is 11.2 Å². The van der Waals surface area contributed by atoms with Gasteiger partial charge in [-0.15, -0.1) is 0 Å². The van der Waals surface area contributed by atoms with Crippen LogP contribution in [0.2, 0.25) is 0 Å². The van der Waals surface area contributed by atoms with E-state index in [1.807, 2.05) is 36.4 Å². The van der Waals surface area contributed by atoms with E-state index in [0.717, 1.165) is 39.5 Å². The maximum Gasteiger partial charge on any atom is 0.136 e. The van der Waals surface area contributed by atoms with E-state index in [0.29, 0.717) is 11.6 Å². The van der Waals surface area contributed by atoms with Crippen LogP contribution in [0, 0.1) is 17.8 Å². The Morgan fingerprint density at radius 1 is 0.651 bits per heavy atom. The smallest absolute Gasteiger partial charge is 0.136 e. The quantitative estimate of drug-likeness (QED) is 0.171. The van der Waals surface area contributed by atoms with Crippen molar-refractivity contribution in [3.63, 3.8) is 0 Å². The molecule has 0 aliphatic heterocycles. The molecule has 2 nitrogen and oxygen atoms in total. The zero-order chi connectivity index (χ0) is 28.9. The number of rotatable bonds is 2. The number of hydrogen-bond acceptors (Lipinski definition) is 2. The van der Waals surface area contributed by atoms with Gasteiger partial charge in [-0.2, -0.15) is 0 Å². The van der Waals surface area contributed by atoms with Crippen LogP contribution in [0.3, 0.4) is 0 Å². The Hall–Kier alpha value is -5.52. The van der Waals surface area contributed by atoms with Crippen LogP contribution in [0.4, 0.5) is 5.69 Å². The van der Waals surface area contributed by atoms with Crippen molar-refractivity contribution >= 4 is 44.5 Å². The van der Waals surface area contributed by atoms with E-state index < -0.39 is 0 Å². The molecule has 1 heterocycles. The van der Waals surface area contributed by atoms with E-state index in [2.05, 4.69) is 110 Å². The zero-order valence-corrected chi connectivity index (χ0v) is 23.9. The van der Waals surface area contributed by atoms with Gasteiger partial charge in [0.2, 0.25) is 0 Å². The van der Waals surface area contributed by atoms with Crippen LogP contribution in [0.5, 0.6) is 0 Å². The van der Waals surface area contributed by atoms with E-state index in [9.17, 15) is 0 Å². The summed E-state index contributed by atoms with van der Waals surface area (Å²) in [6.07, 6.45) is 5.67. The summed E-state index contributed by atoms with van der Waals surface area (Å²) in [5, 5.41) is 4.81. The van der Waals surface area contributed by atoms with Gasteiger partial charge in [0.05, 0.1) is 0 Å². The van der Waals surface area contributed by atoms with Crippen LogP contribution < -0.4 is 5.73 Å². The summed E-state index contributed by atoms with van der Waals surface area (Å²) in [6, 6.07) is 40.2. The first-order valence-corrected chi connectivity index (χ1v) is 14.8. The van der Waals surface area contributed by atoms with E-state index in [1.54, 1.807) is 0 Å². The predicted molar refractivity (Wildman–Crippen MR) is 181 cm³/mol. The Bertz CT molecular complexity index is 2290. The molecular formula is C41H29NO. The number of fused-ring (bicyclic) bond motifs is 5. The van der Waals surface area contributed by atoms with Gasteiger partial charge in [-0.05, 0) is 99.0 Å². The van der Waals surface area contributed by atoms with Gasteiger partial charge < -0.3 is 10.2 Å². The predicted octanol–water partition coefficient (Wildman–Crippen LogP) is 10.3. The molecule has 0 saturated heterocycles. The summed E-state index contributed by atoms with van der Waals surface area (Å²) in [6.45, 7) is 2.30. The van der Waals surface area contributed by atoms with E-state index in [4.69, 9.17) is 10.2 Å². The fourth-order valence-electron chi connectivity index (χ4n) is 6.55. The largest absolute Gasteiger partial charge is 0.456 e. The highest BCUT2D eigenvalue weighted by molar-refractivity contribution is 6.12. The molecule has 8 rings (SSSR count). The van der Waals surface area contributed by atoms with Gasteiger partial charge >= 0.3 is 0 Å². The van der Waals surface area contributed by atoms with Crippen LogP contribution >= 0.6 is 0 Å². The normalized spacial score (nSPS) is 14.1. The number of allylic oxidation sites excluding steroid dienone is 1. The number of hydrogen-bond donors (Lipinski definition) is 1. The molecule has 6 aromatic carbocycles. The Labute approximate surface area is 251 Å². The molecule has 0 amide bonds. The molecule has 0 radical (unpaired) electrons. The highest BCUT2D eigenvalue weighted by Crippen LogP contribution is 2.46. The van der Waals surface area contributed by atoms with Crippen LogP contribution in [0.15, 0.2) is 126 Å². The Morgan fingerprint density at radius 2 is 1.33 bits per heavy atom. The van der Waals surface area contributed by atoms with E-state index in [-0.39, 0.29) is 0 Å². The molecule has 2 heteroatoms. The van der Waals surface area contributed by atoms with Crippen molar-refractivity contribution in [1.82, 2.24) is 0 Å². The molecule has 1 aliphatic rings. The lowest BCUT2D eigenvalue weighted by atomic mass is 9.78. The maximum atomic E-state index is 6.31. The highest BCUT2D eigenvalue weighted by Gasteiger charge is 2.24. The number of anilines is 1. The monoisotopic (exact) mass is 551 g/mol. The number of para-hydroxylation sites is 2. The second kappa shape index (κ2) is 10.1. The molecule has 1 unspecified atom stereocenters. The molecule has 0 bridgehead atoms. The summed E-state index contributed by atoms with van der Waals surface area (Å²) < 4.78 is 6.31. The second-order valence-corrected chi connectivity index (χ2v) is 11.5. The second-order valence-electron chi connectivity index (χ2n) is 11.5. The van der Waals surface area contributed by atoms with Crippen molar-refractivity contribution in [3.05, 3.63) is 144 Å². The summed E-state index contributed by atoms with van der Waals surface area (Å²) in [5.41, 5.74) is 18.1. The molecular weight excluding hydrogens is 522 g/mol.